The summed E-state index contributed by atoms with van der Waals surface area (Å²) in [6.45, 7) is -0.949. The molecule has 0 unspecified atom stereocenters. The average Bonchev–Trinajstić information content (AvgIpc) is 2.81. The Kier molecular flexibility index (Phi) is 9.09. The van der Waals surface area contributed by atoms with Crippen molar-refractivity contribution in [1.82, 2.24) is 5.32 Å². The topological polar surface area (TPSA) is 137 Å². The SMILES string of the molecule is COC(=O)[C@H](Cc1ccc(NC(C)=O)cc1)NC(=O)c1ccc([N+](=O)[O-])c(OCC(F)(F)C(F)(F)F)c1. The van der Waals surface area contributed by atoms with Gasteiger partial charge in [-0.1, -0.05) is 12.1 Å². The average molecular weight is 533 g/mol. The highest BCUT2D eigenvalue weighted by atomic mass is 19.4. The molecule has 37 heavy (non-hydrogen) atoms. The smallest absolute Gasteiger partial charge is 0.456 e. The van der Waals surface area contributed by atoms with Crippen LogP contribution in [0.3, 0.4) is 0 Å². The Balaban J connectivity index is 2.25. The normalized spacial score (nSPS) is 12.3. The molecule has 2 aromatic rings. The van der Waals surface area contributed by atoms with Gasteiger partial charge in [0.1, 0.15) is 6.04 Å². The molecule has 0 radical (unpaired) electrons. The Morgan fingerprint density at radius 3 is 2.19 bits per heavy atom. The van der Waals surface area contributed by atoms with E-state index in [0.29, 0.717) is 23.4 Å². The van der Waals surface area contributed by atoms with E-state index in [1.165, 1.54) is 6.92 Å². The van der Waals surface area contributed by atoms with Gasteiger partial charge in [-0.05, 0) is 23.8 Å². The number of amides is 2. The number of nitro groups is 1. The second kappa shape index (κ2) is 11.6. The molecule has 0 bridgehead atoms. The molecule has 10 nitrogen and oxygen atoms in total. The van der Waals surface area contributed by atoms with Crippen molar-refractivity contribution < 1.29 is 50.7 Å². The van der Waals surface area contributed by atoms with Crippen molar-refractivity contribution in [3.8, 4) is 5.75 Å². The number of halogens is 5. The van der Waals surface area contributed by atoms with Crippen LogP contribution in [0.2, 0.25) is 0 Å². The molecule has 0 aromatic heterocycles. The molecule has 0 aliphatic carbocycles. The van der Waals surface area contributed by atoms with Crippen LogP contribution in [0.25, 0.3) is 0 Å². The number of anilines is 1. The molecule has 0 fully saturated rings. The van der Waals surface area contributed by atoms with Crippen LogP contribution in [0.1, 0.15) is 22.8 Å². The summed E-state index contributed by atoms with van der Waals surface area (Å²) in [6, 6.07) is 7.13. The van der Waals surface area contributed by atoms with Gasteiger partial charge in [0.15, 0.2) is 12.4 Å². The largest absolute Gasteiger partial charge is 0.480 e. The Bertz CT molecular complexity index is 1170. The van der Waals surface area contributed by atoms with Crippen molar-refractivity contribution in [2.75, 3.05) is 19.0 Å². The summed E-state index contributed by atoms with van der Waals surface area (Å²) in [5, 5.41) is 16.0. The van der Waals surface area contributed by atoms with E-state index in [-0.39, 0.29) is 12.3 Å². The summed E-state index contributed by atoms with van der Waals surface area (Å²) < 4.78 is 72.8. The first-order valence-corrected chi connectivity index (χ1v) is 10.3. The van der Waals surface area contributed by atoms with Gasteiger partial charge in [-0.15, -0.1) is 0 Å². The summed E-state index contributed by atoms with van der Waals surface area (Å²) in [6.07, 6.45) is -6.06. The maximum Gasteiger partial charge on any atom is 0.456 e. The highest BCUT2D eigenvalue weighted by Crippen LogP contribution is 2.37. The molecule has 0 saturated carbocycles. The molecule has 2 rings (SSSR count). The Morgan fingerprint density at radius 1 is 1.05 bits per heavy atom. The van der Waals surface area contributed by atoms with E-state index in [1.54, 1.807) is 24.3 Å². The lowest BCUT2D eigenvalue weighted by Gasteiger charge is -2.20. The second-order valence-electron chi connectivity index (χ2n) is 7.56. The van der Waals surface area contributed by atoms with E-state index in [9.17, 15) is 46.5 Å². The van der Waals surface area contributed by atoms with Gasteiger partial charge in [0.2, 0.25) is 5.91 Å². The van der Waals surface area contributed by atoms with Gasteiger partial charge in [0.25, 0.3) is 5.91 Å². The van der Waals surface area contributed by atoms with E-state index in [0.717, 1.165) is 13.2 Å². The van der Waals surface area contributed by atoms with Crippen LogP contribution in [0.4, 0.5) is 33.3 Å². The van der Waals surface area contributed by atoms with E-state index >= 15 is 0 Å². The number of nitrogens with one attached hydrogen (secondary N) is 2. The zero-order chi connectivity index (χ0) is 28.0. The predicted molar refractivity (Wildman–Crippen MR) is 117 cm³/mol. The van der Waals surface area contributed by atoms with E-state index in [2.05, 4.69) is 20.1 Å². The second-order valence-corrected chi connectivity index (χ2v) is 7.56. The Morgan fingerprint density at radius 2 is 1.68 bits per heavy atom. The maximum atomic E-state index is 13.2. The molecule has 0 heterocycles. The summed E-state index contributed by atoms with van der Waals surface area (Å²) in [5.41, 5.74) is -0.375. The molecular weight excluding hydrogens is 513 g/mol. The number of nitrogens with zero attached hydrogens (tertiary/aromatic N) is 1. The minimum Gasteiger partial charge on any atom is -0.480 e. The fourth-order valence-corrected chi connectivity index (χ4v) is 2.91. The van der Waals surface area contributed by atoms with Crippen LogP contribution >= 0.6 is 0 Å². The number of carbonyl (C=O) groups excluding carboxylic acids is 3. The molecule has 0 spiro atoms. The lowest BCUT2D eigenvalue weighted by atomic mass is 10.0. The molecule has 0 aliphatic heterocycles. The van der Waals surface area contributed by atoms with Crippen molar-refractivity contribution in [2.24, 2.45) is 0 Å². The minimum absolute atomic E-state index is 0.0904. The maximum absolute atomic E-state index is 13.2. The van der Waals surface area contributed by atoms with E-state index in [1.807, 2.05) is 0 Å². The lowest BCUT2D eigenvalue weighted by Crippen LogP contribution is -2.43. The van der Waals surface area contributed by atoms with Crippen molar-refractivity contribution >= 4 is 29.2 Å². The quantitative estimate of drug-likeness (QED) is 0.206. The van der Waals surface area contributed by atoms with Crippen molar-refractivity contribution in [2.45, 2.75) is 31.5 Å². The zero-order valence-corrected chi connectivity index (χ0v) is 19.2. The lowest BCUT2D eigenvalue weighted by molar-refractivity contribution is -0.386. The molecular formula is C22H20F5N3O7. The number of methoxy groups -OCH3 is 1. The van der Waals surface area contributed by atoms with Crippen LogP contribution < -0.4 is 15.4 Å². The fraction of sp³-hybridized carbons (Fsp3) is 0.318. The van der Waals surface area contributed by atoms with Crippen LogP contribution in [0.15, 0.2) is 42.5 Å². The number of ether oxygens (including phenoxy) is 2. The molecule has 0 saturated heterocycles. The highest BCUT2D eigenvalue weighted by molar-refractivity contribution is 5.97. The van der Waals surface area contributed by atoms with Gasteiger partial charge in [0.05, 0.1) is 12.0 Å². The van der Waals surface area contributed by atoms with Gasteiger partial charge in [-0.3, -0.25) is 19.7 Å². The molecule has 2 N–H and O–H groups in total. The number of rotatable bonds is 10. The van der Waals surface area contributed by atoms with Gasteiger partial charge in [-0.2, -0.15) is 22.0 Å². The zero-order valence-electron chi connectivity index (χ0n) is 19.2. The third-order valence-electron chi connectivity index (χ3n) is 4.75. The van der Waals surface area contributed by atoms with Crippen molar-refractivity contribution in [3.05, 3.63) is 63.7 Å². The van der Waals surface area contributed by atoms with Gasteiger partial charge >= 0.3 is 23.8 Å². The number of hydrogen-bond acceptors (Lipinski definition) is 7. The third kappa shape index (κ3) is 7.85. The standard InChI is InChI=1S/C22H20F5N3O7/c1-12(31)28-15-6-3-13(4-7-15)9-16(20(33)36-2)29-19(32)14-5-8-17(30(34)35)18(10-14)37-11-21(23,24)22(25,26)27/h3-8,10,16H,9,11H2,1-2H3,(H,28,31)(H,29,32)/t16-/m0/s1. The van der Waals surface area contributed by atoms with Gasteiger partial charge in [0, 0.05) is 36.7 Å². The van der Waals surface area contributed by atoms with Gasteiger partial charge in [-0.25, -0.2) is 4.79 Å². The van der Waals surface area contributed by atoms with Crippen LogP contribution in [-0.4, -0.2) is 54.6 Å². The van der Waals surface area contributed by atoms with Crippen molar-refractivity contribution in [3.63, 3.8) is 0 Å². The number of hydrogen-bond donors (Lipinski definition) is 2. The summed E-state index contributed by atoms with van der Waals surface area (Å²) in [5.74, 6) is -8.52. The van der Waals surface area contributed by atoms with Crippen LogP contribution in [0, 0.1) is 10.1 Å². The first-order valence-electron chi connectivity index (χ1n) is 10.3. The van der Waals surface area contributed by atoms with Crippen molar-refractivity contribution in [1.29, 1.82) is 0 Å². The number of nitro benzene ring substituents is 1. The monoisotopic (exact) mass is 533 g/mol. The molecule has 2 aromatic carbocycles. The van der Waals surface area contributed by atoms with E-state index in [4.69, 9.17) is 0 Å². The molecule has 2 amide bonds. The van der Waals surface area contributed by atoms with E-state index < -0.39 is 58.5 Å². The molecule has 1 atom stereocenters. The Hall–Kier alpha value is -4.30. The molecule has 15 heteroatoms. The Labute approximate surface area is 205 Å². The van der Waals surface area contributed by atoms with Gasteiger partial charge < -0.3 is 20.1 Å². The molecule has 0 aliphatic rings. The number of carbonyl (C=O) groups is 3. The number of alkyl halides is 5. The van der Waals surface area contributed by atoms with Crippen LogP contribution in [-0.2, 0) is 20.7 Å². The predicted octanol–water partition coefficient (Wildman–Crippen LogP) is 3.64. The minimum atomic E-state index is -5.97. The summed E-state index contributed by atoms with van der Waals surface area (Å²) in [4.78, 5) is 46.1. The number of esters is 1. The third-order valence-corrected chi connectivity index (χ3v) is 4.75. The summed E-state index contributed by atoms with van der Waals surface area (Å²) in [7, 11) is 1.06. The fourth-order valence-electron chi connectivity index (χ4n) is 2.91. The first-order chi connectivity index (χ1) is 17.1. The van der Waals surface area contributed by atoms with Crippen LogP contribution in [0.5, 0.6) is 5.75 Å². The highest BCUT2D eigenvalue weighted by Gasteiger charge is 2.58. The summed E-state index contributed by atoms with van der Waals surface area (Å²) >= 11 is 0. The first kappa shape index (κ1) is 28.9. The molecule has 200 valence electrons. The number of benzene rings is 2.